The zero-order valence-electron chi connectivity index (χ0n) is 9.38. The maximum Gasteiger partial charge on any atom is 0.416 e. The molecule has 0 amide bonds. The summed E-state index contributed by atoms with van der Waals surface area (Å²) >= 11 is 0. The van der Waals surface area contributed by atoms with Crippen LogP contribution in [0.4, 0.5) is 13.2 Å². The van der Waals surface area contributed by atoms with Crippen molar-refractivity contribution in [3.8, 4) is 11.3 Å². The lowest BCUT2D eigenvalue weighted by Crippen LogP contribution is -2.07. The summed E-state index contributed by atoms with van der Waals surface area (Å²) in [5.41, 5.74) is 0.217. The molecule has 1 heterocycles. The van der Waals surface area contributed by atoms with E-state index in [1.54, 1.807) is 6.92 Å². The minimum Gasteiger partial charge on any atom is -0.313 e. The van der Waals surface area contributed by atoms with Crippen molar-refractivity contribution in [2.45, 2.75) is 13.1 Å². The predicted octanol–water partition coefficient (Wildman–Crippen LogP) is 2.76. The van der Waals surface area contributed by atoms with Crippen LogP contribution >= 0.6 is 0 Å². The van der Waals surface area contributed by atoms with Gasteiger partial charge in [-0.2, -0.15) is 13.2 Å². The SMILES string of the molecule is Cc1cc(C(F)(F)F)ccc1-c1cc(=O)[nH]cn1. The third kappa shape index (κ3) is 2.42. The number of aromatic amines is 1. The van der Waals surface area contributed by atoms with Crippen molar-refractivity contribution in [3.05, 3.63) is 52.1 Å². The maximum atomic E-state index is 12.5. The van der Waals surface area contributed by atoms with E-state index in [1.165, 1.54) is 18.5 Å². The normalized spacial score (nSPS) is 11.6. The lowest BCUT2D eigenvalue weighted by Gasteiger charge is -2.10. The Morgan fingerprint density at radius 2 is 1.94 bits per heavy atom. The van der Waals surface area contributed by atoms with Gasteiger partial charge in [0.15, 0.2) is 0 Å². The Bertz CT molecular complexity index is 632. The third-order valence-corrected chi connectivity index (χ3v) is 2.51. The quantitative estimate of drug-likeness (QED) is 0.850. The molecular formula is C12H9F3N2O. The van der Waals surface area contributed by atoms with Gasteiger partial charge in [-0.15, -0.1) is 0 Å². The van der Waals surface area contributed by atoms with Gasteiger partial charge in [-0.05, 0) is 24.6 Å². The minimum atomic E-state index is -4.37. The number of hydrogen-bond acceptors (Lipinski definition) is 2. The summed E-state index contributed by atoms with van der Waals surface area (Å²) in [5.74, 6) is 0. The molecule has 0 spiro atoms. The van der Waals surface area contributed by atoms with Gasteiger partial charge in [-0.3, -0.25) is 4.79 Å². The number of nitrogens with zero attached hydrogens (tertiary/aromatic N) is 1. The average Bonchev–Trinajstić information content (AvgIpc) is 2.27. The number of alkyl halides is 3. The number of rotatable bonds is 1. The number of aromatic nitrogens is 2. The van der Waals surface area contributed by atoms with Gasteiger partial charge in [0.1, 0.15) is 0 Å². The summed E-state index contributed by atoms with van der Waals surface area (Å²) in [4.78, 5) is 17.4. The lowest BCUT2D eigenvalue weighted by atomic mass is 10.0. The first-order valence-electron chi connectivity index (χ1n) is 5.11. The van der Waals surface area contributed by atoms with Crippen molar-refractivity contribution in [1.82, 2.24) is 9.97 Å². The smallest absolute Gasteiger partial charge is 0.313 e. The maximum absolute atomic E-state index is 12.5. The zero-order valence-corrected chi connectivity index (χ0v) is 9.38. The summed E-state index contributed by atoms with van der Waals surface area (Å²) < 4.78 is 37.5. The number of nitrogens with one attached hydrogen (secondary N) is 1. The summed E-state index contributed by atoms with van der Waals surface area (Å²) in [5, 5.41) is 0. The highest BCUT2D eigenvalue weighted by molar-refractivity contribution is 5.63. The van der Waals surface area contributed by atoms with E-state index in [0.717, 1.165) is 12.1 Å². The number of aryl methyl sites for hydroxylation is 1. The number of H-pyrrole nitrogens is 1. The van der Waals surface area contributed by atoms with Gasteiger partial charge in [0.25, 0.3) is 5.56 Å². The highest BCUT2D eigenvalue weighted by Gasteiger charge is 2.30. The highest BCUT2D eigenvalue weighted by atomic mass is 19.4. The molecule has 18 heavy (non-hydrogen) atoms. The van der Waals surface area contributed by atoms with Crippen LogP contribution in [0.25, 0.3) is 11.3 Å². The fourth-order valence-electron chi connectivity index (χ4n) is 1.64. The van der Waals surface area contributed by atoms with Crippen LogP contribution in [-0.4, -0.2) is 9.97 Å². The van der Waals surface area contributed by atoms with Crippen molar-refractivity contribution >= 4 is 0 Å². The molecule has 0 saturated carbocycles. The monoisotopic (exact) mass is 254 g/mol. The molecule has 0 saturated heterocycles. The molecule has 0 aliphatic heterocycles. The molecule has 0 bridgehead atoms. The second kappa shape index (κ2) is 4.29. The van der Waals surface area contributed by atoms with E-state index < -0.39 is 11.7 Å². The topological polar surface area (TPSA) is 45.8 Å². The minimum absolute atomic E-state index is 0.348. The van der Waals surface area contributed by atoms with E-state index in [-0.39, 0.29) is 5.56 Å². The van der Waals surface area contributed by atoms with Gasteiger partial charge < -0.3 is 4.98 Å². The first-order valence-corrected chi connectivity index (χ1v) is 5.11. The molecule has 0 atom stereocenters. The van der Waals surface area contributed by atoms with Gasteiger partial charge in [0.2, 0.25) is 0 Å². The molecule has 1 aromatic heterocycles. The largest absolute Gasteiger partial charge is 0.416 e. The zero-order chi connectivity index (χ0) is 13.3. The van der Waals surface area contributed by atoms with E-state index in [2.05, 4.69) is 9.97 Å². The number of hydrogen-bond donors (Lipinski definition) is 1. The van der Waals surface area contributed by atoms with E-state index in [1.807, 2.05) is 0 Å². The van der Waals surface area contributed by atoms with Crippen molar-refractivity contribution in [1.29, 1.82) is 0 Å². The second-order valence-electron chi connectivity index (χ2n) is 3.82. The average molecular weight is 254 g/mol. The molecule has 2 rings (SSSR count). The Labute approximate surface area is 100 Å². The van der Waals surface area contributed by atoms with Crippen LogP contribution in [-0.2, 0) is 6.18 Å². The van der Waals surface area contributed by atoms with E-state index in [0.29, 0.717) is 16.8 Å². The van der Waals surface area contributed by atoms with Crippen LogP contribution in [0, 0.1) is 6.92 Å². The molecule has 0 aliphatic carbocycles. The van der Waals surface area contributed by atoms with Gasteiger partial charge >= 0.3 is 6.18 Å². The van der Waals surface area contributed by atoms with Crippen LogP contribution in [0.2, 0.25) is 0 Å². The van der Waals surface area contributed by atoms with Crippen LogP contribution in [0.3, 0.4) is 0 Å². The first kappa shape index (κ1) is 12.3. The Hall–Kier alpha value is -2.11. The summed E-state index contributed by atoms with van der Waals surface area (Å²) in [7, 11) is 0. The highest BCUT2D eigenvalue weighted by Crippen LogP contribution is 2.32. The molecule has 94 valence electrons. The number of benzene rings is 1. The van der Waals surface area contributed by atoms with Gasteiger partial charge in [0, 0.05) is 11.6 Å². The molecule has 0 aliphatic rings. The molecule has 2 aromatic rings. The number of halogens is 3. The fourth-order valence-corrected chi connectivity index (χ4v) is 1.64. The molecular weight excluding hydrogens is 245 g/mol. The Morgan fingerprint density at radius 1 is 1.22 bits per heavy atom. The van der Waals surface area contributed by atoms with Crippen molar-refractivity contribution in [3.63, 3.8) is 0 Å². The van der Waals surface area contributed by atoms with Crippen molar-refractivity contribution < 1.29 is 13.2 Å². The van der Waals surface area contributed by atoms with Gasteiger partial charge in [-0.1, -0.05) is 6.07 Å². The van der Waals surface area contributed by atoms with E-state index in [4.69, 9.17) is 0 Å². The van der Waals surface area contributed by atoms with Crippen LogP contribution in [0.15, 0.2) is 35.4 Å². The first-order chi connectivity index (χ1) is 8.38. The van der Waals surface area contributed by atoms with Gasteiger partial charge in [-0.25, -0.2) is 4.98 Å². The predicted molar refractivity (Wildman–Crippen MR) is 60.0 cm³/mol. The standard InChI is InChI=1S/C12H9F3N2O/c1-7-4-8(12(13,14)15)2-3-9(7)10-5-11(18)17-6-16-10/h2-6H,1H3,(H,16,17,18). The second-order valence-corrected chi connectivity index (χ2v) is 3.82. The van der Waals surface area contributed by atoms with E-state index >= 15 is 0 Å². The fraction of sp³-hybridized carbons (Fsp3) is 0.167. The molecule has 6 heteroatoms. The Morgan fingerprint density at radius 3 is 2.50 bits per heavy atom. The van der Waals surface area contributed by atoms with Crippen LogP contribution < -0.4 is 5.56 Å². The Balaban J connectivity index is 2.52. The molecule has 0 radical (unpaired) electrons. The Kier molecular flexibility index (Phi) is 2.94. The summed E-state index contributed by atoms with van der Waals surface area (Å²) in [6, 6.07) is 4.58. The summed E-state index contributed by atoms with van der Waals surface area (Å²) in [6.07, 6.45) is -3.15. The molecule has 1 aromatic carbocycles. The van der Waals surface area contributed by atoms with E-state index in [9.17, 15) is 18.0 Å². The third-order valence-electron chi connectivity index (χ3n) is 2.51. The molecule has 3 nitrogen and oxygen atoms in total. The van der Waals surface area contributed by atoms with Crippen molar-refractivity contribution in [2.75, 3.05) is 0 Å². The molecule has 0 fully saturated rings. The van der Waals surface area contributed by atoms with Crippen molar-refractivity contribution in [2.24, 2.45) is 0 Å². The van der Waals surface area contributed by atoms with Crippen LogP contribution in [0.1, 0.15) is 11.1 Å². The summed E-state index contributed by atoms with van der Waals surface area (Å²) in [6.45, 7) is 1.55. The van der Waals surface area contributed by atoms with Gasteiger partial charge in [0.05, 0.1) is 17.6 Å². The molecule has 0 unspecified atom stereocenters. The van der Waals surface area contributed by atoms with Crippen LogP contribution in [0.5, 0.6) is 0 Å². The lowest BCUT2D eigenvalue weighted by molar-refractivity contribution is -0.137. The molecule has 1 N–H and O–H groups in total.